The maximum Gasteiger partial charge on any atom is 0.223 e. The molecule has 2 aliphatic heterocycles. The molecule has 0 radical (unpaired) electrons. The van der Waals surface area contributed by atoms with Crippen molar-refractivity contribution in [1.29, 1.82) is 0 Å². The average Bonchev–Trinajstić information content (AvgIpc) is 2.88. The molecule has 0 aliphatic carbocycles. The number of likely N-dealkylation sites (tertiary alicyclic amines) is 1. The van der Waals surface area contributed by atoms with Crippen LogP contribution in [0, 0.1) is 11.8 Å². The summed E-state index contributed by atoms with van der Waals surface area (Å²) in [6.45, 7) is 6.38. The lowest BCUT2D eigenvalue weighted by atomic mass is 9.85. The van der Waals surface area contributed by atoms with Crippen LogP contribution in [0.5, 0.6) is 0 Å². The van der Waals surface area contributed by atoms with Gasteiger partial charge in [0.25, 0.3) is 0 Å². The number of carbonyl (C=O) groups is 1. The van der Waals surface area contributed by atoms with Crippen LogP contribution in [-0.4, -0.2) is 50.1 Å². The second-order valence-corrected chi connectivity index (χ2v) is 6.23. The summed E-state index contributed by atoms with van der Waals surface area (Å²) in [6, 6.07) is 0.425. The summed E-state index contributed by atoms with van der Waals surface area (Å²) in [6.07, 6.45) is 5.59. The van der Waals surface area contributed by atoms with Gasteiger partial charge < -0.3 is 15.5 Å². The van der Waals surface area contributed by atoms with Gasteiger partial charge in [-0.1, -0.05) is 6.92 Å². The lowest BCUT2D eigenvalue weighted by Gasteiger charge is -2.31. The van der Waals surface area contributed by atoms with Crippen LogP contribution in [-0.2, 0) is 4.79 Å². The quantitative estimate of drug-likeness (QED) is 0.787. The second kappa shape index (κ2) is 7.25. The van der Waals surface area contributed by atoms with Crippen LogP contribution in [0.25, 0.3) is 0 Å². The first-order valence-corrected chi connectivity index (χ1v) is 7.87. The van der Waals surface area contributed by atoms with E-state index in [-0.39, 0.29) is 0 Å². The molecule has 4 nitrogen and oxygen atoms in total. The first kappa shape index (κ1) is 14.8. The molecule has 0 aromatic rings. The Kier molecular flexibility index (Phi) is 5.64. The van der Waals surface area contributed by atoms with E-state index in [1.165, 1.54) is 12.8 Å². The molecule has 2 aliphatic rings. The number of likely N-dealkylation sites (N-methyl/N-ethyl adjacent to an activating group) is 1. The Hall–Kier alpha value is -0.610. The molecule has 0 aromatic heterocycles. The Bertz CT molecular complexity index is 289. The van der Waals surface area contributed by atoms with Gasteiger partial charge in [-0.05, 0) is 57.7 Å². The van der Waals surface area contributed by atoms with Crippen molar-refractivity contribution in [3.63, 3.8) is 0 Å². The van der Waals surface area contributed by atoms with Gasteiger partial charge in [-0.3, -0.25) is 4.79 Å². The van der Waals surface area contributed by atoms with E-state index >= 15 is 0 Å². The Morgan fingerprint density at radius 1 is 1.42 bits per heavy atom. The van der Waals surface area contributed by atoms with Crippen molar-refractivity contribution in [2.24, 2.45) is 11.8 Å². The number of amides is 1. The molecule has 3 atom stereocenters. The predicted molar refractivity (Wildman–Crippen MR) is 78.0 cm³/mol. The molecule has 2 fully saturated rings. The summed E-state index contributed by atoms with van der Waals surface area (Å²) in [5, 5.41) is 6.66. The van der Waals surface area contributed by atoms with Gasteiger partial charge in [0.2, 0.25) is 5.91 Å². The minimum absolute atomic E-state index is 0.371. The molecule has 2 rings (SSSR count). The van der Waals surface area contributed by atoms with Gasteiger partial charge in [0.05, 0.1) is 0 Å². The fourth-order valence-electron chi connectivity index (χ4n) is 3.54. The van der Waals surface area contributed by atoms with Gasteiger partial charge in [-0.25, -0.2) is 0 Å². The monoisotopic (exact) mass is 267 g/mol. The molecule has 0 aromatic carbocycles. The zero-order chi connectivity index (χ0) is 13.7. The number of hydrogen-bond acceptors (Lipinski definition) is 3. The predicted octanol–water partition coefficient (Wildman–Crippen LogP) is 1.22. The second-order valence-electron chi connectivity index (χ2n) is 6.23. The zero-order valence-corrected chi connectivity index (χ0v) is 12.5. The molecule has 0 saturated carbocycles. The summed E-state index contributed by atoms with van der Waals surface area (Å²) in [5.74, 6) is 1.56. The van der Waals surface area contributed by atoms with Gasteiger partial charge in [0.15, 0.2) is 0 Å². The standard InChI is InChI=1S/C15H29N3O/c1-12(13-5-3-7-17-10-13)9-15(19)18-8-4-6-14(18)11-16-2/h12-14,16-17H,3-11H2,1-2H3. The molecule has 3 unspecified atom stereocenters. The number of piperidine rings is 1. The SMILES string of the molecule is CNCC1CCCN1C(=O)CC(C)C1CCCNC1. The van der Waals surface area contributed by atoms with Crippen LogP contribution in [0.1, 0.15) is 39.0 Å². The summed E-state index contributed by atoms with van der Waals surface area (Å²) in [4.78, 5) is 14.6. The van der Waals surface area contributed by atoms with Gasteiger partial charge in [-0.15, -0.1) is 0 Å². The number of nitrogens with one attached hydrogen (secondary N) is 2. The van der Waals surface area contributed by atoms with Crippen molar-refractivity contribution in [3.8, 4) is 0 Å². The topological polar surface area (TPSA) is 44.4 Å². The third-order valence-corrected chi connectivity index (χ3v) is 4.77. The van der Waals surface area contributed by atoms with Gasteiger partial charge in [-0.2, -0.15) is 0 Å². The van der Waals surface area contributed by atoms with E-state index in [0.29, 0.717) is 23.8 Å². The van der Waals surface area contributed by atoms with Gasteiger partial charge in [0.1, 0.15) is 0 Å². The van der Waals surface area contributed by atoms with Crippen LogP contribution in [0.3, 0.4) is 0 Å². The van der Waals surface area contributed by atoms with E-state index in [4.69, 9.17) is 0 Å². The maximum absolute atomic E-state index is 12.5. The minimum atomic E-state index is 0.371. The number of rotatable bonds is 5. The third-order valence-electron chi connectivity index (χ3n) is 4.77. The number of nitrogens with zero attached hydrogens (tertiary/aromatic N) is 1. The highest BCUT2D eigenvalue weighted by Gasteiger charge is 2.30. The van der Waals surface area contributed by atoms with E-state index in [1.807, 2.05) is 7.05 Å². The number of carbonyl (C=O) groups excluding carboxylic acids is 1. The molecule has 2 heterocycles. The molecule has 2 saturated heterocycles. The minimum Gasteiger partial charge on any atom is -0.338 e. The molecular formula is C15H29N3O. The molecular weight excluding hydrogens is 238 g/mol. The van der Waals surface area contributed by atoms with E-state index in [1.54, 1.807) is 0 Å². The van der Waals surface area contributed by atoms with Crippen molar-refractivity contribution in [1.82, 2.24) is 15.5 Å². The number of hydrogen-bond donors (Lipinski definition) is 2. The van der Waals surface area contributed by atoms with E-state index < -0.39 is 0 Å². The average molecular weight is 267 g/mol. The van der Waals surface area contributed by atoms with E-state index in [0.717, 1.165) is 45.4 Å². The van der Waals surface area contributed by atoms with Crippen LogP contribution in [0.4, 0.5) is 0 Å². The highest BCUT2D eigenvalue weighted by Crippen LogP contribution is 2.25. The Balaban J connectivity index is 1.82. The van der Waals surface area contributed by atoms with Crippen molar-refractivity contribution < 1.29 is 4.79 Å². The third kappa shape index (κ3) is 3.93. The first-order chi connectivity index (χ1) is 9.22. The van der Waals surface area contributed by atoms with E-state index in [9.17, 15) is 4.79 Å². The Labute approximate surface area is 117 Å². The lowest BCUT2D eigenvalue weighted by Crippen LogP contribution is -2.42. The zero-order valence-electron chi connectivity index (χ0n) is 12.5. The van der Waals surface area contributed by atoms with Crippen LogP contribution < -0.4 is 10.6 Å². The first-order valence-electron chi connectivity index (χ1n) is 7.87. The molecule has 0 spiro atoms. The smallest absolute Gasteiger partial charge is 0.223 e. The highest BCUT2D eigenvalue weighted by atomic mass is 16.2. The summed E-state index contributed by atoms with van der Waals surface area (Å²) < 4.78 is 0. The molecule has 4 heteroatoms. The van der Waals surface area contributed by atoms with Gasteiger partial charge >= 0.3 is 0 Å². The van der Waals surface area contributed by atoms with Crippen LogP contribution >= 0.6 is 0 Å². The van der Waals surface area contributed by atoms with Crippen molar-refractivity contribution >= 4 is 5.91 Å². The maximum atomic E-state index is 12.5. The largest absolute Gasteiger partial charge is 0.338 e. The fraction of sp³-hybridized carbons (Fsp3) is 0.933. The lowest BCUT2D eigenvalue weighted by molar-refractivity contribution is -0.133. The Morgan fingerprint density at radius 2 is 2.26 bits per heavy atom. The summed E-state index contributed by atoms with van der Waals surface area (Å²) in [7, 11) is 1.97. The van der Waals surface area contributed by atoms with Crippen LogP contribution in [0.2, 0.25) is 0 Å². The molecule has 0 bridgehead atoms. The molecule has 1 amide bonds. The molecule has 110 valence electrons. The van der Waals surface area contributed by atoms with Crippen LogP contribution in [0.15, 0.2) is 0 Å². The molecule has 19 heavy (non-hydrogen) atoms. The normalized spacial score (nSPS) is 29.5. The highest BCUT2D eigenvalue weighted by molar-refractivity contribution is 5.77. The Morgan fingerprint density at radius 3 is 2.95 bits per heavy atom. The van der Waals surface area contributed by atoms with Crippen molar-refractivity contribution in [2.45, 2.75) is 45.1 Å². The van der Waals surface area contributed by atoms with Crippen molar-refractivity contribution in [2.75, 3.05) is 33.2 Å². The summed E-state index contributed by atoms with van der Waals surface area (Å²) >= 11 is 0. The fourth-order valence-corrected chi connectivity index (χ4v) is 3.54. The van der Waals surface area contributed by atoms with Crippen molar-refractivity contribution in [3.05, 3.63) is 0 Å². The summed E-state index contributed by atoms with van der Waals surface area (Å²) in [5.41, 5.74) is 0. The van der Waals surface area contributed by atoms with Gasteiger partial charge in [0, 0.05) is 25.6 Å². The van der Waals surface area contributed by atoms with E-state index in [2.05, 4.69) is 22.5 Å². The molecule has 2 N–H and O–H groups in total.